The molecule has 0 saturated heterocycles. The molecule has 0 aliphatic heterocycles. The lowest BCUT2D eigenvalue weighted by Crippen LogP contribution is -2.39. The summed E-state index contributed by atoms with van der Waals surface area (Å²) in [5.41, 5.74) is 0.411. The number of methoxy groups -OCH3 is 2. The van der Waals surface area contributed by atoms with Crippen LogP contribution in [0.2, 0.25) is 5.15 Å². The highest BCUT2D eigenvalue weighted by atomic mass is 35.5. The second-order valence-electron chi connectivity index (χ2n) is 3.69. The van der Waals surface area contributed by atoms with E-state index in [-0.39, 0.29) is 16.5 Å². The Morgan fingerprint density at radius 2 is 2.06 bits per heavy atom. The number of nitrogens with one attached hydrogen (secondary N) is 1. The molecule has 0 amide bonds. The number of ether oxygens (including phenoxy) is 2. The summed E-state index contributed by atoms with van der Waals surface area (Å²) in [6.07, 6.45) is 0. The molecule has 1 aromatic heterocycles. The zero-order valence-electron chi connectivity index (χ0n) is 10.5. The highest BCUT2D eigenvalue weighted by molar-refractivity contribution is 6.32. The summed E-state index contributed by atoms with van der Waals surface area (Å²) in [6, 6.07) is 1.50. The van der Waals surface area contributed by atoms with Crippen LogP contribution >= 0.6 is 11.6 Å². The van der Waals surface area contributed by atoms with Crippen LogP contribution in [0.4, 0.5) is 11.4 Å². The van der Waals surface area contributed by atoms with E-state index in [0.29, 0.717) is 5.69 Å². The molecule has 0 aliphatic carbocycles. The molecule has 8 heteroatoms. The molecule has 1 heterocycles. The summed E-state index contributed by atoms with van der Waals surface area (Å²) in [7, 11) is 2.83. The highest BCUT2D eigenvalue weighted by Gasteiger charge is 2.29. The number of aromatic nitrogens is 1. The normalized spacial score (nSPS) is 11.4. The molecule has 0 aromatic carbocycles. The smallest absolute Gasteiger partial charge is 0.329 e. The van der Waals surface area contributed by atoms with Crippen molar-refractivity contribution in [3.05, 3.63) is 27.0 Å². The van der Waals surface area contributed by atoms with Crippen molar-refractivity contribution in [2.24, 2.45) is 0 Å². The Balaban J connectivity index is 3.27. The fraction of sp³-hybridized carbons (Fsp3) is 0.500. The van der Waals surface area contributed by atoms with E-state index in [1.165, 1.54) is 20.3 Å². The van der Waals surface area contributed by atoms with Crippen LogP contribution in [0.3, 0.4) is 0 Å². The standard InChI is InChI=1S/C10H14ClN3O4/c1-6-5-7(13-10(2,17-3)18-4)8(14(15)16)9(11)12-6/h5H,1-4H3,(H,12,13). The van der Waals surface area contributed by atoms with E-state index in [0.717, 1.165) is 0 Å². The van der Waals surface area contributed by atoms with Crippen LogP contribution in [0.1, 0.15) is 12.6 Å². The molecule has 100 valence electrons. The Labute approximate surface area is 109 Å². The van der Waals surface area contributed by atoms with Gasteiger partial charge in [0, 0.05) is 26.8 Å². The fourth-order valence-electron chi connectivity index (χ4n) is 1.33. The van der Waals surface area contributed by atoms with Crippen molar-refractivity contribution < 1.29 is 14.4 Å². The van der Waals surface area contributed by atoms with Crippen molar-refractivity contribution in [3.8, 4) is 0 Å². The molecule has 1 aromatic rings. The van der Waals surface area contributed by atoms with Gasteiger partial charge in [-0.3, -0.25) is 10.1 Å². The fourth-order valence-corrected chi connectivity index (χ4v) is 1.63. The van der Waals surface area contributed by atoms with Gasteiger partial charge in [0.1, 0.15) is 5.69 Å². The van der Waals surface area contributed by atoms with Gasteiger partial charge >= 0.3 is 5.69 Å². The number of nitro groups is 1. The average Bonchev–Trinajstić information content (AvgIpc) is 2.27. The monoisotopic (exact) mass is 275 g/mol. The maximum absolute atomic E-state index is 11.0. The van der Waals surface area contributed by atoms with Crippen LogP contribution in [-0.4, -0.2) is 30.0 Å². The zero-order chi connectivity index (χ0) is 13.9. The van der Waals surface area contributed by atoms with Gasteiger partial charge in [-0.2, -0.15) is 0 Å². The number of nitrogens with zero attached hydrogens (tertiary/aromatic N) is 2. The van der Waals surface area contributed by atoms with Crippen molar-refractivity contribution in [2.75, 3.05) is 19.5 Å². The molecule has 1 N–H and O–H groups in total. The van der Waals surface area contributed by atoms with Crippen LogP contribution in [0.5, 0.6) is 0 Å². The largest absolute Gasteiger partial charge is 0.336 e. The summed E-state index contributed by atoms with van der Waals surface area (Å²) < 4.78 is 10.2. The van der Waals surface area contributed by atoms with Crippen molar-refractivity contribution in [1.82, 2.24) is 4.98 Å². The van der Waals surface area contributed by atoms with Crippen molar-refractivity contribution in [3.63, 3.8) is 0 Å². The lowest BCUT2D eigenvalue weighted by molar-refractivity contribution is -0.384. The van der Waals surface area contributed by atoms with Crippen molar-refractivity contribution in [2.45, 2.75) is 19.8 Å². The predicted molar refractivity (Wildman–Crippen MR) is 66.7 cm³/mol. The number of hydrogen-bond donors (Lipinski definition) is 1. The lowest BCUT2D eigenvalue weighted by Gasteiger charge is -2.28. The zero-order valence-corrected chi connectivity index (χ0v) is 11.2. The number of hydrogen-bond acceptors (Lipinski definition) is 6. The van der Waals surface area contributed by atoms with Crippen LogP contribution in [0, 0.1) is 17.0 Å². The van der Waals surface area contributed by atoms with Gasteiger partial charge in [0.15, 0.2) is 0 Å². The Morgan fingerprint density at radius 3 is 2.50 bits per heavy atom. The minimum absolute atomic E-state index is 0.183. The molecule has 1 rings (SSSR count). The van der Waals surface area contributed by atoms with E-state index < -0.39 is 10.8 Å². The van der Waals surface area contributed by atoms with E-state index in [4.69, 9.17) is 21.1 Å². The van der Waals surface area contributed by atoms with Gasteiger partial charge in [-0.05, 0) is 13.0 Å². The van der Waals surface area contributed by atoms with E-state index in [9.17, 15) is 10.1 Å². The molecule has 0 radical (unpaired) electrons. The molecule has 0 atom stereocenters. The van der Waals surface area contributed by atoms with Crippen LogP contribution < -0.4 is 5.32 Å². The molecule has 0 unspecified atom stereocenters. The summed E-state index contributed by atoms with van der Waals surface area (Å²) >= 11 is 5.77. The first-order valence-corrected chi connectivity index (χ1v) is 5.41. The Hall–Kier alpha value is -1.44. The first-order valence-electron chi connectivity index (χ1n) is 5.03. The van der Waals surface area contributed by atoms with Gasteiger partial charge in [-0.1, -0.05) is 11.6 Å². The number of aryl methyl sites for hydroxylation is 1. The summed E-state index contributed by atoms with van der Waals surface area (Å²) in [5.74, 6) is -1.19. The third-order valence-electron chi connectivity index (χ3n) is 2.40. The van der Waals surface area contributed by atoms with Crippen molar-refractivity contribution >= 4 is 23.0 Å². The minimum atomic E-state index is -1.19. The first kappa shape index (κ1) is 14.6. The second-order valence-corrected chi connectivity index (χ2v) is 4.04. The quantitative estimate of drug-likeness (QED) is 0.384. The molecule has 0 spiro atoms. The Bertz CT molecular complexity index is 463. The van der Waals surface area contributed by atoms with Crippen LogP contribution in [-0.2, 0) is 9.47 Å². The predicted octanol–water partition coefficient (Wildman–Crippen LogP) is 2.33. The topological polar surface area (TPSA) is 86.5 Å². The van der Waals surface area contributed by atoms with Gasteiger partial charge in [0.05, 0.1) is 4.92 Å². The van der Waals surface area contributed by atoms with E-state index >= 15 is 0 Å². The third kappa shape index (κ3) is 3.06. The van der Waals surface area contributed by atoms with E-state index in [1.807, 2.05) is 0 Å². The van der Waals surface area contributed by atoms with Crippen LogP contribution in [0.25, 0.3) is 0 Å². The number of halogens is 1. The van der Waals surface area contributed by atoms with E-state index in [2.05, 4.69) is 10.3 Å². The summed E-state index contributed by atoms with van der Waals surface area (Å²) in [4.78, 5) is 14.2. The number of pyridine rings is 1. The van der Waals surface area contributed by atoms with Gasteiger partial charge in [-0.25, -0.2) is 4.98 Å². The Kier molecular flexibility index (Phi) is 4.44. The SMILES string of the molecule is COC(C)(Nc1cc(C)nc(Cl)c1[N+](=O)[O-])OC. The third-order valence-corrected chi connectivity index (χ3v) is 2.67. The number of anilines is 1. The first-order chi connectivity index (χ1) is 8.33. The molecule has 18 heavy (non-hydrogen) atoms. The molecule has 7 nitrogen and oxygen atoms in total. The molecule has 0 fully saturated rings. The molecule has 0 saturated carbocycles. The molecule has 0 bridgehead atoms. The van der Waals surface area contributed by atoms with Gasteiger partial charge < -0.3 is 14.8 Å². The Morgan fingerprint density at radius 1 is 1.50 bits per heavy atom. The second kappa shape index (κ2) is 5.47. The van der Waals surface area contributed by atoms with Gasteiger partial charge in [0.2, 0.25) is 11.1 Å². The van der Waals surface area contributed by atoms with Gasteiger partial charge in [-0.15, -0.1) is 0 Å². The number of rotatable bonds is 5. The lowest BCUT2D eigenvalue weighted by atomic mass is 10.3. The van der Waals surface area contributed by atoms with E-state index in [1.54, 1.807) is 13.8 Å². The summed E-state index contributed by atoms with van der Waals surface area (Å²) in [5, 5.41) is 13.6. The van der Waals surface area contributed by atoms with Crippen LogP contribution in [0.15, 0.2) is 6.07 Å². The van der Waals surface area contributed by atoms with Crippen molar-refractivity contribution in [1.29, 1.82) is 0 Å². The maximum atomic E-state index is 11.0. The highest BCUT2D eigenvalue weighted by Crippen LogP contribution is 2.33. The van der Waals surface area contributed by atoms with Gasteiger partial charge in [0.25, 0.3) is 0 Å². The minimum Gasteiger partial charge on any atom is -0.336 e. The molecule has 0 aliphatic rings. The average molecular weight is 276 g/mol. The molecular formula is C10H14ClN3O4. The molecular weight excluding hydrogens is 262 g/mol. The maximum Gasteiger partial charge on any atom is 0.329 e. The summed E-state index contributed by atoms with van der Waals surface area (Å²) in [6.45, 7) is 3.26.